The zero-order valence-corrected chi connectivity index (χ0v) is 14.8. The zero-order valence-electron chi connectivity index (χ0n) is 13.2. The molecule has 1 aromatic heterocycles. The summed E-state index contributed by atoms with van der Waals surface area (Å²) in [4.78, 5) is 12.6. The van der Waals surface area contributed by atoms with E-state index in [1.165, 1.54) is 10.4 Å². The van der Waals surface area contributed by atoms with Gasteiger partial charge in [0.25, 0.3) is 5.91 Å². The summed E-state index contributed by atoms with van der Waals surface area (Å²) in [5.41, 5.74) is 0. The first-order valence-corrected chi connectivity index (χ1v) is 10.0. The summed E-state index contributed by atoms with van der Waals surface area (Å²) in [7, 11) is -3.65. The van der Waals surface area contributed by atoms with Crippen LogP contribution in [-0.4, -0.2) is 64.6 Å². The second-order valence-electron chi connectivity index (χ2n) is 5.14. The molecular formula is C14H23N3O4S2. The second kappa shape index (κ2) is 8.74. The molecule has 0 unspecified atom stereocenters. The van der Waals surface area contributed by atoms with Crippen LogP contribution < -0.4 is 10.6 Å². The highest BCUT2D eigenvalue weighted by atomic mass is 32.2. The van der Waals surface area contributed by atoms with Crippen LogP contribution in [0.4, 0.5) is 0 Å². The van der Waals surface area contributed by atoms with Gasteiger partial charge in [0, 0.05) is 26.2 Å². The maximum absolute atomic E-state index is 12.7. The Hall–Kier alpha value is -1.00. The number of carbonyl (C=O) groups excluding carboxylic acids is 1. The first-order valence-electron chi connectivity index (χ1n) is 7.71. The number of nitrogens with zero attached hydrogens (tertiary/aromatic N) is 1. The Balaban J connectivity index is 2.02. The van der Waals surface area contributed by atoms with Crippen molar-refractivity contribution in [3.05, 3.63) is 16.3 Å². The second-order valence-corrected chi connectivity index (χ2v) is 7.96. The highest BCUT2D eigenvalue weighted by Gasteiger charge is 2.31. The van der Waals surface area contributed by atoms with E-state index in [-0.39, 0.29) is 15.7 Å². The Morgan fingerprint density at radius 2 is 2.04 bits per heavy atom. The fraction of sp³-hybridized carbons (Fsp3) is 0.643. The van der Waals surface area contributed by atoms with Crippen molar-refractivity contribution in [1.29, 1.82) is 0 Å². The van der Waals surface area contributed by atoms with Gasteiger partial charge in [0.15, 0.2) is 0 Å². The van der Waals surface area contributed by atoms with E-state index in [0.717, 1.165) is 24.3 Å². The number of carbonyl (C=O) groups is 1. The molecule has 1 aliphatic heterocycles. The first-order chi connectivity index (χ1) is 11.1. The largest absolute Gasteiger partial charge is 0.379 e. The van der Waals surface area contributed by atoms with Crippen LogP contribution in [-0.2, 0) is 14.8 Å². The number of sulfonamides is 1. The van der Waals surface area contributed by atoms with Gasteiger partial charge in [-0.25, -0.2) is 8.42 Å². The highest BCUT2D eigenvalue weighted by Crippen LogP contribution is 2.25. The molecular weight excluding hydrogens is 338 g/mol. The van der Waals surface area contributed by atoms with Crippen molar-refractivity contribution >= 4 is 27.3 Å². The molecule has 0 aromatic carbocycles. The predicted molar refractivity (Wildman–Crippen MR) is 89.4 cm³/mol. The molecule has 0 radical (unpaired) electrons. The van der Waals surface area contributed by atoms with Gasteiger partial charge in [-0.1, -0.05) is 6.92 Å². The van der Waals surface area contributed by atoms with Crippen LogP contribution in [0.25, 0.3) is 0 Å². The first kappa shape index (κ1) is 18.3. The van der Waals surface area contributed by atoms with Crippen molar-refractivity contribution < 1.29 is 17.9 Å². The lowest BCUT2D eigenvalue weighted by Crippen LogP contribution is -2.41. The predicted octanol–water partition coefficient (Wildman–Crippen LogP) is 0.498. The van der Waals surface area contributed by atoms with Gasteiger partial charge in [0.05, 0.1) is 13.2 Å². The van der Waals surface area contributed by atoms with E-state index in [1.807, 2.05) is 0 Å². The van der Waals surface area contributed by atoms with Gasteiger partial charge >= 0.3 is 0 Å². The van der Waals surface area contributed by atoms with Gasteiger partial charge in [0.1, 0.15) is 9.77 Å². The SMILES string of the molecule is CCCNCCNC(=O)c1sccc1S(=O)(=O)N1CCOCC1. The summed E-state index contributed by atoms with van der Waals surface area (Å²) in [5, 5.41) is 7.58. The van der Waals surface area contributed by atoms with Gasteiger partial charge in [-0.15, -0.1) is 11.3 Å². The third kappa shape index (κ3) is 4.74. The summed E-state index contributed by atoms with van der Waals surface area (Å²) in [6.07, 6.45) is 1.03. The minimum Gasteiger partial charge on any atom is -0.379 e. The Labute approximate surface area is 141 Å². The molecule has 0 saturated carbocycles. The van der Waals surface area contributed by atoms with Crippen molar-refractivity contribution in [3.63, 3.8) is 0 Å². The van der Waals surface area contributed by atoms with E-state index < -0.39 is 10.0 Å². The number of nitrogens with one attached hydrogen (secondary N) is 2. The maximum Gasteiger partial charge on any atom is 0.262 e. The van der Waals surface area contributed by atoms with Gasteiger partial charge < -0.3 is 15.4 Å². The van der Waals surface area contributed by atoms with Crippen LogP contribution >= 0.6 is 11.3 Å². The highest BCUT2D eigenvalue weighted by molar-refractivity contribution is 7.89. The molecule has 0 aliphatic carbocycles. The smallest absolute Gasteiger partial charge is 0.262 e. The van der Waals surface area contributed by atoms with Gasteiger partial charge in [-0.2, -0.15) is 4.31 Å². The molecule has 1 aromatic rings. The average Bonchev–Trinajstić information content (AvgIpc) is 3.06. The molecule has 2 heterocycles. The maximum atomic E-state index is 12.7. The van der Waals surface area contributed by atoms with Crippen LogP contribution in [0.3, 0.4) is 0 Å². The van der Waals surface area contributed by atoms with Gasteiger partial charge in [0.2, 0.25) is 10.0 Å². The summed E-state index contributed by atoms with van der Waals surface area (Å²) < 4.78 is 31.9. The lowest BCUT2D eigenvalue weighted by Gasteiger charge is -2.26. The molecule has 1 aliphatic rings. The third-order valence-electron chi connectivity index (χ3n) is 3.44. The quantitative estimate of drug-likeness (QED) is 0.659. The van der Waals surface area contributed by atoms with E-state index in [1.54, 1.807) is 5.38 Å². The fourth-order valence-corrected chi connectivity index (χ4v) is 4.96. The van der Waals surface area contributed by atoms with Crippen molar-refractivity contribution in [2.24, 2.45) is 0 Å². The molecule has 9 heteroatoms. The lowest BCUT2D eigenvalue weighted by atomic mass is 10.4. The van der Waals surface area contributed by atoms with Crippen LogP contribution in [0.5, 0.6) is 0 Å². The molecule has 2 N–H and O–H groups in total. The molecule has 1 fully saturated rings. The summed E-state index contributed by atoms with van der Waals surface area (Å²) >= 11 is 1.15. The van der Waals surface area contributed by atoms with E-state index in [2.05, 4.69) is 17.6 Å². The normalized spacial score (nSPS) is 16.4. The molecule has 2 rings (SSSR count). The average molecular weight is 361 g/mol. The number of rotatable bonds is 8. The Kier molecular flexibility index (Phi) is 6.97. The van der Waals surface area contributed by atoms with Crippen molar-refractivity contribution in [3.8, 4) is 0 Å². The standard InChI is InChI=1S/C14H23N3O4S2/c1-2-4-15-5-6-16-14(18)13-12(3-11-22-13)23(19,20)17-7-9-21-10-8-17/h3,11,15H,2,4-10H2,1H3,(H,16,18). The molecule has 23 heavy (non-hydrogen) atoms. The Morgan fingerprint density at radius 3 is 2.74 bits per heavy atom. The van der Waals surface area contributed by atoms with Crippen LogP contribution in [0.15, 0.2) is 16.3 Å². The zero-order chi connectivity index (χ0) is 16.7. The van der Waals surface area contributed by atoms with Crippen LogP contribution in [0.2, 0.25) is 0 Å². The molecule has 1 amide bonds. The summed E-state index contributed by atoms with van der Waals surface area (Å²) in [6.45, 7) is 5.50. The number of hydrogen-bond donors (Lipinski definition) is 2. The minimum atomic E-state index is -3.65. The van der Waals surface area contributed by atoms with Crippen molar-refractivity contribution in [2.45, 2.75) is 18.2 Å². The molecule has 0 bridgehead atoms. The number of morpholine rings is 1. The topological polar surface area (TPSA) is 87.7 Å². The van der Waals surface area contributed by atoms with Crippen LogP contribution in [0, 0.1) is 0 Å². The van der Waals surface area contributed by atoms with Crippen LogP contribution in [0.1, 0.15) is 23.0 Å². The van der Waals surface area contributed by atoms with Crippen molar-refractivity contribution in [2.75, 3.05) is 45.9 Å². The monoisotopic (exact) mass is 361 g/mol. The number of thiophene rings is 1. The number of hydrogen-bond acceptors (Lipinski definition) is 6. The Morgan fingerprint density at radius 1 is 1.30 bits per heavy atom. The van der Waals surface area contributed by atoms with Crippen molar-refractivity contribution in [1.82, 2.24) is 14.9 Å². The lowest BCUT2D eigenvalue weighted by molar-refractivity contribution is 0.0730. The van der Waals surface area contributed by atoms with Gasteiger partial charge in [-0.05, 0) is 24.4 Å². The van der Waals surface area contributed by atoms with E-state index in [9.17, 15) is 13.2 Å². The van der Waals surface area contributed by atoms with Gasteiger partial charge in [-0.3, -0.25) is 4.79 Å². The third-order valence-corrected chi connectivity index (χ3v) is 6.42. The number of amides is 1. The summed E-state index contributed by atoms with van der Waals surface area (Å²) in [5.74, 6) is -0.342. The molecule has 7 nitrogen and oxygen atoms in total. The molecule has 1 saturated heterocycles. The minimum absolute atomic E-state index is 0.0865. The fourth-order valence-electron chi connectivity index (χ4n) is 2.24. The molecule has 130 valence electrons. The number of ether oxygens (including phenoxy) is 1. The van der Waals surface area contributed by atoms with E-state index in [4.69, 9.17) is 4.74 Å². The van der Waals surface area contributed by atoms with E-state index >= 15 is 0 Å². The molecule has 0 spiro atoms. The molecule has 0 atom stereocenters. The van der Waals surface area contributed by atoms with E-state index in [0.29, 0.717) is 39.4 Å². The summed E-state index contributed by atoms with van der Waals surface area (Å²) in [6, 6.07) is 1.50. The Bertz CT molecular complexity index is 609.